The number of carbonyl (C=O) groups excluding carboxylic acids is 1. The van der Waals surface area contributed by atoms with Crippen molar-refractivity contribution >= 4 is 21.6 Å². The van der Waals surface area contributed by atoms with E-state index in [9.17, 15) is 13.2 Å². The maximum Gasteiger partial charge on any atom is 0.255 e. The van der Waals surface area contributed by atoms with Gasteiger partial charge in [0, 0.05) is 17.8 Å². The summed E-state index contributed by atoms with van der Waals surface area (Å²) < 4.78 is 27.2. The molecule has 6 nitrogen and oxygen atoms in total. The van der Waals surface area contributed by atoms with Crippen molar-refractivity contribution in [2.24, 2.45) is 0 Å². The largest absolute Gasteiger partial charge is 0.322 e. The van der Waals surface area contributed by atoms with Gasteiger partial charge in [0.25, 0.3) is 5.91 Å². The number of amides is 1. The molecule has 0 fully saturated rings. The van der Waals surface area contributed by atoms with E-state index in [4.69, 9.17) is 0 Å². The first kappa shape index (κ1) is 21.1. The van der Waals surface area contributed by atoms with Crippen LogP contribution in [-0.4, -0.2) is 46.4 Å². The molecule has 2 aromatic rings. The Morgan fingerprint density at radius 3 is 2.33 bits per heavy atom. The van der Waals surface area contributed by atoms with Crippen molar-refractivity contribution in [3.8, 4) is 0 Å². The zero-order valence-corrected chi connectivity index (χ0v) is 17.1. The molecule has 0 unspecified atom stereocenters. The minimum Gasteiger partial charge on any atom is -0.322 e. The van der Waals surface area contributed by atoms with E-state index < -0.39 is 10.0 Å². The highest BCUT2D eigenvalue weighted by atomic mass is 32.2. The zero-order chi connectivity index (χ0) is 20.0. The Kier molecular flexibility index (Phi) is 7.12. The zero-order valence-electron chi connectivity index (χ0n) is 16.2. The molecule has 0 atom stereocenters. The molecule has 7 heteroatoms. The number of aryl methyl sites for hydroxylation is 2. The lowest BCUT2D eigenvalue weighted by Crippen LogP contribution is -2.27. The number of carbonyl (C=O) groups is 1. The van der Waals surface area contributed by atoms with Gasteiger partial charge in [-0.1, -0.05) is 12.1 Å². The number of nitrogens with zero attached hydrogens (tertiary/aromatic N) is 1. The van der Waals surface area contributed by atoms with E-state index in [1.165, 1.54) is 24.3 Å². The minimum atomic E-state index is -3.57. The lowest BCUT2D eigenvalue weighted by Gasteiger charge is -2.11. The summed E-state index contributed by atoms with van der Waals surface area (Å²) in [6, 6.07) is 11.8. The highest BCUT2D eigenvalue weighted by Gasteiger charge is 2.15. The van der Waals surface area contributed by atoms with Crippen LogP contribution in [0, 0.1) is 13.8 Å². The van der Waals surface area contributed by atoms with Gasteiger partial charge in [0.1, 0.15) is 0 Å². The molecule has 0 spiro atoms. The Hall–Kier alpha value is -2.22. The van der Waals surface area contributed by atoms with E-state index >= 15 is 0 Å². The van der Waals surface area contributed by atoms with Crippen molar-refractivity contribution in [1.82, 2.24) is 9.62 Å². The molecule has 27 heavy (non-hydrogen) atoms. The van der Waals surface area contributed by atoms with Crippen molar-refractivity contribution < 1.29 is 13.2 Å². The number of hydrogen-bond donors (Lipinski definition) is 2. The maximum atomic E-state index is 12.4. The van der Waals surface area contributed by atoms with Gasteiger partial charge >= 0.3 is 0 Å². The summed E-state index contributed by atoms with van der Waals surface area (Å²) in [6.45, 7) is 5.06. The molecule has 0 aromatic heterocycles. The van der Waals surface area contributed by atoms with E-state index in [0.29, 0.717) is 12.1 Å². The molecule has 1 amide bonds. The minimum absolute atomic E-state index is 0.149. The Bertz CT molecular complexity index is 891. The van der Waals surface area contributed by atoms with Gasteiger partial charge in [0.2, 0.25) is 10.0 Å². The lowest BCUT2D eigenvalue weighted by atomic mass is 10.1. The molecule has 2 N–H and O–H groups in total. The van der Waals surface area contributed by atoms with Crippen LogP contribution in [0.2, 0.25) is 0 Å². The Balaban J connectivity index is 2.03. The normalized spacial score (nSPS) is 11.6. The third kappa shape index (κ3) is 6.16. The van der Waals surface area contributed by atoms with Gasteiger partial charge in [-0.05, 0) is 82.4 Å². The first-order valence-corrected chi connectivity index (χ1v) is 10.3. The monoisotopic (exact) mass is 389 g/mol. The average molecular weight is 390 g/mol. The van der Waals surface area contributed by atoms with Crippen LogP contribution < -0.4 is 10.0 Å². The van der Waals surface area contributed by atoms with Crippen LogP contribution in [0.5, 0.6) is 0 Å². The van der Waals surface area contributed by atoms with Gasteiger partial charge in [-0.25, -0.2) is 13.1 Å². The molecule has 0 bridgehead atoms. The number of nitrogens with one attached hydrogen (secondary N) is 2. The topological polar surface area (TPSA) is 78.5 Å². The fraction of sp³-hybridized carbons (Fsp3) is 0.350. The van der Waals surface area contributed by atoms with Crippen LogP contribution in [0.25, 0.3) is 0 Å². The number of sulfonamides is 1. The first-order chi connectivity index (χ1) is 12.7. The van der Waals surface area contributed by atoms with E-state index in [1.807, 2.05) is 51.0 Å². The second kappa shape index (κ2) is 9.12. The van der Waals surface area contributed by atoms with E-state index in [0.717, 1.165) is 29.8 Å². The molecule has 0 saturated carbocycles. The number of rotatable bonds is 8. The van der Waals surface area contributed by atoms with Crippen LogP contribution in [0.3, 0.4) is 0 Å². The van der Waals surface area contributed by atoms with Gasteiger partial charge in [0.05, 0.1) is 4.90 Å². The molecular formula is C20H27N3O3S. The highest BCUT2D eigenvalue weighted by Crippen LogP contribution is 2.18. The summed E-state index contributed by atoms with van der Waals surface area (Å²) in [6.07, 6.45) is 0.725. The number of anilines is 1. The van der Waals surface area contributed by atoms with Crippen molar-refractivity contribution in [2.75, 3.05) is 32.5 Å². The van der Waals surface area contributed by atoms with Crippen LogP contribution in [0.15, 0.2) is 47.4 Å². The summed E-state index contributed by atoms with van der Waals surface area (Å²) >= 11 is 0. The van der Waals surface area contributed by atoms with Gasteiger partial charge < -0.3 is 10.2 Å². The molecule has 0 saturated heterocycles. The first-order valence-electron chi connectivity index (χ1n) is 8.82. The molecule has 0 aliphatic rings. The molecule has 2 rings (SSSR count). The Labute approximate surface area is 161 Å². The second-order valence-electron chi connectivity index (χ2n) is 6.85. The van der Waals surface area contributed by atoms with Gasteiger partial charge in [-0.15, -0.1) is 0 Å². The molecule has 146 valence electrons. The van der Waals surface area contributed by atoms with Gasteiger partial charge in [0.15, 0.2) is 0 Å². The van der Waals surface area contributed by atoms with Crippen molar-refractivity contribution in [2.45, 2.75) is 25.2 Å². The van der Waals surface area contributed by atoms with E-state index in [1.54, 1.807) is 0 Å². The smallest absolute Gasteiger partial charge is 0.255 e. The molecule has 0 radical (unpaired) electrons. The number of benzene rings is 2. The third-order valence-electron chi connectivity index (χ3n) is 4.14. The summed E-state index contributed by atoms with van der Waals surface area (Å²) in [7, 11) is 0.310. The van der Waals surface area contributed by atoms with Gasteiger partial charge in [-0.2, -0.15) is 0 Å². The highest BCUT2D eigenvalue weighted by molar-refractivity contribution is 7.89. The van der Waals surface area contributed by atoms with Gasteiger partial charge in [-0.3, -0.25) is 4.79 Å². The average Bonchev–Trinajstić information content (AvgIpc) is 2.62. The standard InChI is InChI=1S/C20H27N3O3S/c1-15-6-7-16(2)19(14-15)22-20(24)17-8-10-18(11-9-17)27(25,26)21-12-5-13-23(3)4/h6-11,14,21H,5,12-13H2,1-4H3,(H,22,24). The second-order valence-corrected chi connectivity index (χ2v) is 8.62. The Morgan fingerprint density at radius 1 is 1.04 bits per heavy atom. The third-order valence-corrected chi connectivity index (χ3v) is 5.62. The Morgan fingerprint density at radius 2 is 1.70 bits per heavy atom. The predicted octanol–water partition coefficient (Wildman–Crippen LogP) is 2.79. The maximum absolute atomic E-state index is 12.4. The fourth-order valence-corrected chi connectivity index (χ4v) is 3.61. The number of hydrogen-bond acceptors (Lipinski definition) is 4. The quantitative estimate of drug-likeness (QED) is 0.681. The van der Waals surface area contributed by atoms with Crippen LogP contribution in [-0.2, 0) is 10.0 Å². The SMILES string of the molecule is Cc1ccc(C)c(NC(=O)c2ccc(S(=O)(=O)NCCCN(C)C)cc2)c1. The van der Waals surface area contributed by atoms with Crippen molar-refractivity contribution in [1.29, 1.82) is 0 Å². The van der Waals surface area contributed by atoms with Crippen molar-refractivity contribution in [3.05, 3.63) is 59.2 Å². The summed E-state index contributed by atoms with van der Waals surface area (Å²) in [5.41, 5.74) is 3.18. The molecule has 0 aliphatic carbocycles. The van der Waals surface area contributed by atoms with Crippen LogP contribution in [0.4, 0.5) is 5.69 Å². The molecule has 0 heterocycles. The summed E-state index contributed by atoms with van der Waals surface area (Å²) in [5, 5.41) is 2.87. The summed E-state index contributed by atoms with van der Waals surface area (Å²) in [4.78, 5) is 14.6. The fourth-order valence-electron chi connectivity index (χ4n) is 2.54. The van der Waals surface area contributed by atoms with Crippen LogP contribution >= 0.6 is 0 Å². The van der Waals surface area contributed by atoms with E-state index in [-0.39, 0.29) is 10.8 Å². The molecule has 2 aromatic carbocycles. The summed E-state index contributed by atoms with van der Waals surface area (Å²) in [5.74, 6) is -0.272. The van der Waals surface area contributed by atoms with Crippen LogP contribution in [0.1, 0.15) is 27.9 Å². The molecular weight excluding hydrogens is 362 g/mol. The van der Waals surface area contributed by atoms with Crippen molar-refractivity contribution in [3.63, 3.8) is 0 Å². The lowest BCUT2D eigenvalue weighted by molar-refractivity contribution is 0.102. The predicted molar refractivity (Wildman–Crippen MR) is 109 cm³/mol. The molecule has 0 aliphatic heterocycles. The van der Waals surface area contributed by atoms with E-state index in [2.05, 4.69) is 10.0 Å².